The van der Waals surface area contributed by atoms with Crippen LogP contribution in [-0.4, -0.2) is 47.1 Å². The Labute approximate surface area is 153 Å². The smallest absolute Gasteiger partial charge is 0.394 e. The minimum atomic E-state index is -4.69. The predicted octanol–water partition coefficient (Wildman–Crippen LogP) is 3.31. The second-order valence-electron chi connectivity index (χ2n) is 6.78. The highest BCUT2D eigenvalue weighted by Gasteiger charge is 2.53. The molecular weight excluding hydrogens is 369 g/mol. The molecule has 10 heteroatoms. The fraction of sp³-hybridized carbons (Fsp3) is 0.529. The van der Waals surface area contributed by atoms with Crippen molar-refractivity contribution in [3.63, 3.8) is 0 Å². The molecule has 3 rings (SSSR count). The normalized spacial score (nSPS) is 26.9. The average molecular weight is 388 g/mol. The lowest BCUT2D eigenvalue weighted by Crippen LogP contribution is -2.35. The predicted molar refractivity (Wildman–Crippen MR) is 87.7 cm³/mol. The Morgan fingerprint density at radius 3 is 2.52 bits per heavy atom. The lowest BCUT2D eigenvalue weighted by Gasteiger charge is -2.20. The second-order valence-corrected chi connectivity index (χ2v) is 6.78. The van der Waals surface area contributed by atoms with E-state index in [4.69, 9.17) is 14.6 Å². The zero-order chi connectivity index (χ0) is 20.0. The average Bonchev–Trinajstić information content (AvgIpc) is 3.15. The van der Waals surface area contributed by atoms with Crippen LogP contribution in [0.15, 0.2) is 18.2 Å². The van der Waals surface area contributed by atoms with E-state index in [9.17, 15) is 22.8 Å². The van der Waals surface area contributed by atoms with Gasteiger partial charge in [-0.3, -0.25) is 4.79 Å². The lowest BCUT2D eigenvalue weighted by molar-refractivity contribution is -0.187. The van der Waals surface area contributed by atoms with Gasteiger partial charge in [0, 0.05) is 38.2 Å². The van der Waals surface area contributed by atoms with Gasteiger partial charge in [0.2, 0.25) is 5.79 Å². The third-order valence-corrected chi connectivity index (χ3v) is 4.83. The molecule has 0 saturated carbocycles. The fourth-order valence-corrected chi connectivity index (χ4v) is 3.13. The monoisotopic (exact) mass is 388 g/mol. The SMILES string of the molecule is CCC1(C)Oc2ccc(NC(=O)N3C[C@@H](C(F)(F)F)[C@H](C(=O)O)C3)cc2O1. The summed E-state index contributed by atoms with van der Waals surface area (Å²) in [5.41, 5.74) is 0.310. The number of benzene rings is 1. The van der Waals surface area contributed by atoms with Crippen LogP contribution in [0, 0.1) is 11.8 Å². The lowest BCUT2D eigenvalue weighted by atomic mass is 9.96. The van der Waals surface area contributed by atoms with Crippen molar-refractivity contribution in [2.45, 2.75) is 32.2 Å². The van der Waals surface area contributed by atoms with Crippen LogP contribution in [0.3, 0.4) is 0 Å². The van der Waals surface area contributed by atoms with Gasteiger partial charge in [0.15, 0.2) is 11.5 Å². The van der Waals surface area contributed by atoms with Gasteiger partial charge in [-0.1, -0.05) is 6.92 Å². The number of urea groups is 1. The van der Waals surface area contributed by atoms with Crippen molar-refractivity contribution in [3.05, 3.63) is 18.2 Å². The van der Waals surface area contributed by atoms with Crippen molar-refractivity contribution in [2.24, 2.45) is 11.8 Å². The molecule has 2 aliphatic heterocycles. The van der Waals surface area contributed by atoms with E-state index in [0.29, 0.717) is 23.6 Å². The van der Waals surface area contributed by atoms with E-state index in [-0.39, 0.29) is 0 Å². The highest BCUT2D eigenvalue weighted by atomic mass is 19.4. The number of nitrogens with one attached hydrogen (secondary N) is 1. The third kappa shape index (κ3) is 3.74. The van der Waals surface area contributed by atoms with Crippen LogP contribution in [0.25, 0.3) is 0 Å². The van der Waals surface area contributed by atoms with Gasteiger partial charge in [0.1, 0.15) is 0 Å². The topological polar surface area (TPSA) is 88.1 Å². The molecule has 2 N–H and O–H groups in total. The van der Waals surface area contributed by atoms with Crippen LogP contribution in [0.5, 0.6) is 11.5 Å². The van der Waals surface area contributed by atoms with Crippen LogP contribution >= 0.6 is 0 Å². The van der Waals surface area contributed by atoms with Crippen molar-refractivity contribution < 1.29 is 37.3 Å². The molecule has 1 aromatic carbocycles. The maximum Gasteiger partial charge on any atom is 0.394 e. The molecule has 1 unspecified atom stereocenters. The van der Waals surface area contributed by atoms with E-state index in [1.807, 2.05) is 6.92 Å². The first-order valence-corrected chi connectivity index (χ1v) is 8.40. The van der Waals surface area contributed by atoms with Crippen molar-refractivity contribution in [1.29, 1.82) is 0 Å². The van der Waals surface area contributed by atoms with Crippen molar-refractivity contribution >= 4 is 17.7 Å². The van der Waals surface area contributed by atoms with Crippen LogP contribution in [0.1, 0.15) is 20.3 Å². The molecule has 2 heterocycles. The number of halogens is 3. The second kappa shape index (κ2) is 6.50. The first kappa shape index (κ1) is 19.1. The molecule has 27 heavy (non-hydrogen) atoms. The number of fused-ring (bicyclic) bond motifs is 1. The number of likely N-dealkylation sites (tertiary alicyclic amines) is 1. The number of anilines is 1. The molecule has 7 nitrogen and oxygen atoms in total. The van der Waals surface area contributed by atoms with Crippen molar-refractivity contribution in [1.82, 2.24) is 4.90 Å². The summed E-state index contributed by atoms with van der Waals surface area (Å²) in [6, 6.07) is 3.84. The summed E-state index contributed by atoms with van der Waals surface area (Å²) in [6.07, 6.45) is -4.10. The number of carbonyl (C=O) groups is 2. The van der Waals surface area contributed by atoms with E-state index >= 15 is 0 Å². The quantitative estimate of drug-likeness (QED) is 0.830. The maximum absolute atomic E-state index is 13.0. The number of nitrogens with zero attached hydrogens (tertiary/aromatic N) is 1. The first-order valence-electron chi connectivity index (χ1n) is 8.40. The molecule has 1 saturated heterocycles. The molecule has 1 aromatic rings. The zero-order valence-corrected chi connectivity index (χ0v) is 14.7. The number of carboxylic acids is 1. The van der Waals surface area contributed by atoms with Crippen molar-refractivity contribution in [3.8, 4) is 11.5 Å². The van der Waals surface area contributed by atoms with Gasteiger partial charge >= 0.3 is 18.2 Å². The summed E-state index contributed by atoms with van der Waals surface area (Å²) >= 11 is 0. The number of amides is 2. The van der Waals surface area contributed by atoms with E-state index < -0.39 is 48.9 Å². The molecule has 148 valence electrons. The number of rotatable bonds is 3. The molecular formula is C17H19F3N2O5. The summed E-state index contributed by atoms with van der Waals surface area (Å²) in [5, 5.41) is 11.5. The third-order valence-electron chi connectivity index (χ3n) is 4.83. The Balaban J connectivity index is 1.70. The van der Waals surface area contributed by atoms with Crippen LogP contribution in [0.4, 0.5) is 23.7 Å². The van der Waals surface area contributed by atoms with Gasteiger partial charge in [-0.15, -0.1) is 0 Å². The Bertz CT molecular complexity index is 769. The van der Waals surface area contributed by atoms with Crippen LogP contribution < -0.4 is 14.8 Å². The Morgan fingerprint density at radius 1 is 1.30 bits per heavy atom. The van der Waals surface area contributed by atoms with Gasteiger partial charge in [-0.25, -0.2) is 4.79 Å². The highest BCUT2D eigenvalue weighted by Crippen LogP contribution is 2.42. The summed E-state index contributed by atoms with van der Waals surface area (Å²) in [5.74, 6) is -5.25. The van der Waals surface area contributed by atoms with E-state index in [2.05, 4.69) is 5.32 Å². The fourth-order valence-electron chi connectivity index (χ4n) is 3.13. The van der Waals surface area contributed by atoms with E-state index in [1.54, 1.807) is 13.0 Å². The summed E-state index contributed by atoms with van der Waals surface area (Å²) in [7, 11) is 0. The zero-order valence-electron chi connectivity index (χ0n) is 14.7. The Hall–Kier alpha value is -2.65. The molecule has 0 bridgehead atoms. The van der Waals surface area contributed by atoms with Gasteiger partial charge < -0.3 is 24.8 Å². The van der Waals surface area contributed by atoms with Gasteiger partial charge in [-0.05, 0) is 12.1 Å². The highest BCUT2D eigenvalue weighted by molar-refractivity contribution is 5.90. The molecule has 2 aliphatic rings. The largest absolute Gasteiger partial charge is 0.481 e. The first-order chi connectivity index (χ1) is 12.5. The van der Waals surface area contributed by atoms with Gasteiger partial charge in [0.05, 0.1) is 11.8 Å². The van der Waals surface area contributed by atoms with E-state index in [1.165, 1.54) is 12.1 Å². The summed E-state index contributed by atoms with van der Waals surface area (Å²) < 4.78 is 50.5. The minimum absolute atomic E-state index is 0.310. The number of alkyl halides is 3. The molecule has 2 amide bonds. The number of carboxylic acid groups (broad SMARTS) is 1. The van der Waals surface area contributed by atoms with Gasteiger partial charge in [0.25, 0.3) is 0 Å². The van der Waals surface area contributed by atoms with Crippen molar-refractivity contribution in [2.75, 3.05) is 18.4 Å². The number of hydrogen-bond acceptors (Lipinski definition) is 4. The Kier molecular flexibility index (Phi) is 4.61. The van der Waals surface area contributed by atoms with Crippen LogP contribution in [0.2, 0.25) is 0 Å². The minimum Gasteiger partial charge on any atom is -0.481 e. The van der Waals surface area contributed by atoms with Crippen LogP contribution in [-0.2, 0) is 4.79 Å². The standard InChI is InChI=1S/C17H19F3N2O5/c1-3-16(2)26-12-5-4-9(6-13(12)27-16)21-15(25)22-7-10(14(23)24)11(8-22)17(18,19)20/h4-6,10-11H,3,7-8H2,1-2H3,(H,21,25)(H,23,24)/t10-,11-,16?/m1/s1. The summed E-state index contributed by atoms with van der Waals surface area (Å²) in [4.78, 5) is 24.3. The molecule has 0 aliphatic carbocycles. The molecule has 0 spiro atoms. The summed E-state index contributed by atoms with van der Waals surface area (Å²) in [6.45, 7) is 2.44. The number of carbonyl (C=O) groups excluding carboxylic acids is 1. The van der Waals surface area contributed by atoms with Gasteiger partial charge in [-0.2, -0.15) is 13.2 Å². The maximum atomic E-state index is 13.0. The van der Waals surface area contributed by atoms with E-state index in [0.717, 1.165) is 4.90 Å². The Morgan fingerprint density at radius 2 is 1.96 bits per heavy atom. The molecule has 0 aromatic heterocycles. The molecule has 0 radical (unpaired) electrons. The number of aliphatic carboxylic acids is 1. The number of hydrogen-bond donors (Lipinski definition) is 2. The molecule has 1 fully saturated rings. The molecule has 3 atom stereocenters. The number of ether oxygens (including phenoxy) is 2.